The van der Waals surface area contributed by atoms with E-state index in [9.17, 15) is 9.18 Å². The number of carbonyl (C=O) groups excluding carboxylic acids is 1. The van der Waals surface area contributed by atoms with Gasteiger partial charge < -0.3 is 14.2 Å². The number of halogens is 1. The van der Waals surface area contributed by atoms with Crippen molar-refractivity contribution in [2.24, 2.45) is 0 Å². The van der Waals surface area contributed by atoms with Crippen LogP contribution >= 0.6 is 11.5 Å². The van der Waals surface area contributed by atoms with Crippen LogP contribution in [0.15, 0.2) is 65.1 Å². The Bertz CT molecular complexity index is 1160. The Hall–Kier alpha value is -3.19. The number of benzene rings is 2. The van der Waals surface area contributed by atoms with E-state index in [0.29, 0.717) is 24.6 Å². The zero-order valence-corrected chi connectivity index (χ0v) is 16.4. The van der Waals surface area contributed by atoms with E-state index >= 15 is 0 Å². The lowest BCUT2D eigenvalue weighted by Crippen LogP contribution is -2.48. The normalized spacial score (nSPS) is 14.5. The third-order valence-corrected chi connectivity index (χ3v) is 5.99. The van der Waals surface area contributed by atoms with Crippen LogP contribution in [0.1, 0.15) is 10.6 Å². The number of furan rings is 1. The summed E-state index contributed by atoms with van der Waals surface area (Å²) in [6.45, 7) is 2.67. The summed E-state index contributed by atoms with van der Waals surface area (Å²) in [6, 6.07) is 17.7. The van der Waals surface area contributed by atoms with Crippen molar-refractivity contribution in [3.05, 3.63) is 72.2 Å². The predicted molar refractivity (Wildman–Crippen MR) is 112 cm³/mol. The van der Waals surface area contributed by atoms with E-state index in [2.05, 4.69) is 21.4 Å². The molecule has 1 aliphatic rings. The van der Waals surface area contributed by atoms with Gasteiger partial charge in [-0.15, -0.1) is 0 Å². The van der Waals surface area contributed by atoms with Crippen LogP contribution in [0.5, 0.6) is 0 Å². The van der Waals surface area contributed by atoms with Crippen LogP contribution in [0.2, 0.25) is 0 Å². The van der Waals surface area contributed by atoms with Crippen LogP contribution < -0.4 is 4.90 Å². The van der Waals surface area contributed by atoms with Crippen LogP contribution in [-0.4, -0.2) is 41.4 Å². The van der Waals surface area contributed by atoms with Crippen molar-refractivity contribution in [3.8, 4) is 11.3 Å². The minimum Gasteiger partial charge on any atom is -0.451 e. The molecule has 0 radical (unpaired) electrons. The molecule has 146 valence electrons. The standard InChI is InChI=1S/C22H18FN3O2S/c23-16-7-5-15(6-8-16)18-9-10-19(28-18)22(27)26-13-11-25(12-14-26)21-17-3-1-2-4-20(17)29-24-21/h1-10H,11-14H2. The second kappa shape index (κ2) is 7.33. The molecule has 5 nitrogen and oxygen atoms in total. The highest BCUT2D eigenvalue weighted by Gasteiger charge is 2.26. The first-order valence-corrected chi connectivity index (χ1v) is 10.2. The lowest BCUT2D eigenvalue weighted by Gasteiger charge is -2.34. The molecular formula is C22H18FN3O2S. The number of hydrogen-bond acceptors (Lipinski definition) is 5. The first-order valence-electron chi connectivity index (χ1n) is 9.43. The topological polar surface area (TPSA) is 49.6 Å². The van der Waals surface area contributed by atoms with E-state index in [1.807, 2.05) is 12.1 Å². The molecule has 2 aromatic carbocycles. The van der Waals surface area contributed by atoms with Gasteiger partial charge in [0.1, 0.15) is 17.4 Å². The van der Waals surface area contributed by atoms with Gasteiger partial charge in [-0.25, -0.2) is 4.39 Å². The summed E-state index contributed by atoms with van der Waals surface area (Å²) in [5.41, 5.74) is 0.741. The molecule has 0 unspecified atom stereocenters. The number of amides is 1. The number of hydrogen-bond donors (Lipinski definition) is 0. The van der Waals surface area contributed by atoms with Gasteiger partial charge in [0, 0.05) is 37.1 Å². The third kappa shape index (κ3) is 3.38. The predicted octanol–water partition coefficient (Wildman–Crippen LogP) is 4.66. The number of nitrogens with zero attached hydrogens (tertiary/aromatic N) is 3. The zero-order chi connectivity index (χ0) is 19.8. The molecule has 7 heteroatoms. The quantitative estimate of drug-likeness (QED) is 0.496. The van der Waals surface area contributed by atoms with E-state index in [0.717, 1.165) is 29.9 Å². The SMILES string of the molecule is O=C(c1ccc(-c2ccc(F)cc2)o1)N1CCN(c2nsc3ccccc23)CC1. The number of carbonyl (C=O) groups is 1. The third-order valence-electron chi connectivity index (χ3n) is 5.17. The van der Waals surface area contributed by atoms with Crippen LogP contribution in [0.3, 0.4) is 0 Å². The molecule has 29 heavy (non-hydrogen) atoms. The highest BCUT2D eigenvalue weighted by molar-refractivity contribution is 7.13. The molecular weight excluding hydrogens is 389 g/mol. The summed E-state index contributed by atoms with van der Waals surface area (Å²) in [5.74, 6) is 1.43. The maximum atomic E-state index is 13.1. The van der Waals surface area contributed by atoms with Crippen molar-refractivity contribution >= 4 is 33.3 Å². The van der Waals surface area contributed by atoms with Gasteiger partial charge >= 0.3 is 0 Å². The Morgan fingerprint density at radius 1 is 0.966 bits per heavy atom. The molecule has 0 saturated carbocycles. The molecule has 1 saturated heterocycles. The van der Waals surface area contributed by atoms with Gasteiger partial charge in [0.15, 0.2) is 5.76 Å². The summed E-state index contributed by atoms with van der Waals surface area (Å²) >= 11 is 1.50. The molecule has 2 aromatic heterocycles. The van der Waals surface area contributed by atoms with Crippen LogP contribution in [0, 0.1) is 5.82 Å². The van der Waals surface area contributed by atoms with E-state index in [1.54, 1.807) is 29.2 Å². The fourth-order valence-corrected chi connectivity index (χ4v) is 4.40. The van der Waals surface area contributed by atoms with Gasteiger partial charge in [-0.1, -0.05) is 12.1 Å². The van der Waals surface area contributed by atoms with Crippen molar-refractivity contribution in [3.63, 3.8) is 0 Å². The van der Waals surface area contributed by atoms with E-state index in [4.69, 9.17) is 4.42 Å². The van der Waals surface area contributed by atoms with E-state index in [-0.39, 0.29) is 11.7 Å². The Morgan fingerprint density at radius 3 is 2.52 bits per heavy atom. The Kier molecular flexibility index (Phi) is 4.52. The van der Waals surface area contributed by atoms with Crippen molar-refractivity contribution in [1.29, 1.82) is 0 Å². The summed E-state index contributed by atoms with van der Waals surface area (Å²) in [6.07, 6.45) is 0. The number of fused-ring (bicyclic) bond motifs is 1. The minimum absolute atomic E-state index is 0.124. The maximum absolute atomic E-state index is 13.1. The van der Waals surface area contributed by atoms with Crippen molar-refractivity contribution in [2.75, 3.05) is 31.1 Å². The molecule has 4 aromatic rings. The summed E-state index contributed by atoms with van der Waals surface area (Å²) < 4.78 is 24.6. The van der Waals surface area contributed by atoms with Crippen LogP contribution in [-0.2, 0) is 0 Å². The molecule has 0 atom stereocenters. The molecule has 3 heterocycles. The Morgan fingerprint density at radius 2 is 1.72 bits per heavy atom. The molecule has 5 rings (SSSR count). The lowest BCUT2D eigenvalue weighted by atomic mass is 10.2. The molecule has 0 bridgehead atoms. The second-order valence-electron chi connectivity index (χ2n) is 6.95. The molecule has 1 amide bonds. The van der Waals surface area contributed by atoms with Gasteiger partial charge in [0.05, 0.1) is 4.70 Å². The van der Waals surface area contributed by atoms with Crippen molar-refractivity contribution < 1.29 is 13.6 Å². The van der Waals surface area contributed by atoms with Gasteiger partial charge in [0.25, 0.3) is 5.91 Å². The van der Waals surface area contributed by atoms with Crippen molar-refractivity contribution in [1.82, 2.24) is 9.27 Å². The van der Waals surface area contributed by atoms with Gasteiger partial charge in [0.2, 0.25) is 0 Å². The molecule has 1 fully saturated rings. The highest BCUT2D eigenvalue weighted by Crippen LogP contribution is 2.30. The van der Waals surface area contributed by atoms with Gasteiger partial charge in [-0.05, 0) is 60.1 Å². The minimum atomic E-state index is -0.303. The molecule has 1 aliphatic heterocycles. The first-order chi connectivity index (χ1) is 14.2. The lowest BCUT2D eigenvalue weighted by molar-refractivity contribution is 0.0715. The van der Waals surface area contributed by atoms with Gasteiger partial charge in [-0.3, -0.25) is 4.79 Å². The highest BCUT2D eigenvalue weighted by atomic mass is 32.1. The second-order valence-corrected chi connectivity index (χ2v) is 7.76. The van der Waals surface area contributed by atoms with E-state index < -0.39 is 0 Å². The smallest absolute Gasteiger partial charge is 0.289 e. The van der Waals surface area contributed by atoms with Crippen molar-refractivity contribution in [2.45, 2.75) is 0 Å². The summed E-state index contributed by atoms with van der Waals surface area (Å²) in [4.78, 5) is 16.9. The maximum Gasteiger partial charge on any atom is 0.289 e. The molecule has 0 N–H and O–H groups in total. The Labute approximate surface area is 171 Å². The first kappa shape index (κ1) is 17.9. The Balaban J connectivity index is 1.27. The van der Waals surface area contributed by atoms with Crippen LogP contribution in [0.4, 0.5) is 10.2 Å². The molecule has 0 spiro atoms. The average Bonchev–Trinajstić information content (AvgIpc) is 3.42. The molecule has 0 aliphatic carbocycles. The summed E-state index contributed by atoms with van der Waals surface area (Å²) in [5, 5.41) is 1.16. The summed E-state index contributed by atoms with van der Waals surface area (Å²) in [7, 11) is 0. The zero-order valence-electron chi connectivity index (χ0n) is 15.5. The number of piperazine rings is 1. The average molecular weight is 407 g/mol. The van der Waals surface area contributed by atoms with Gasteiger partial charge in [-0.2, -0.15) is 4.37 Å². The monoisotopic (exact) mass is 407 g/mol. The van der Waals surface area contributed by atoms with Crippen LogP contribution in [0.25, 0.3) is 21.4 Å². The number of anilines is 1. The fraction of sp³-hybridized carbons (Fsp3) is 0.182. The van der Waals surface area contributed by atoms with E-state index in [1.165, 1.54) is 28.4 Å². The fourth-order valence-electron chi connectivity index (χ4n) is 3.60. The largest absolute Gasteiger partial charge is 0.451 e. The number of aromatic nitrogens is 1. The number of rotatable bonds is 3.